The number of hydrogen-bond acceptors (Lipinski definition) is 5. The van der Waals surface area contributed by atoms with E-state index >= 15 is 0 Å². The fraction of sp³-hybridized carbons (Fsp3) is 0.591. The molecule has 0 aliphatic carbocycles. The van der Waals surface area contributed by atoms with Gasteiger partial charge in [0.15, 0.2) is 0 Å². The van der Waals surface area contributed by atoms with Crippen LogP contribution in [0.25, 0.3) is 0 Å². The molecule has 7 heteroatoms. The molecule has 1 saturated heterocycles. The number of nitrogens with one attached hydrogen (secondary N) is 1. The first-order valence-corrected chi connectivity index (χ1v) is 10.2. The van der Waals surface area contributed by atoms with Crippen molar-refractivity contribution in [2.45, 2.75) is 71.1 Å². The fourth-order valence-corrected chi connectivity index (χ4v) is 3.20. The van der Waals surface area contributed by atoms with Gasteiger partial charge in [0.05, 0.1) is 0 Å². The number of amides is 2. The van der Waals surface area contributed by atoms with Gasteiger partial charge >= 0.3 is 12.1 Å². The van der Waals surface area contributed by atoms with E-state index in [9.17, 15) is 14.4 Å². The highest BCUT2D eigenvalue weighted by Gasteiger charge is 2.35. The van der Waals surface area contributed by atoms with Crippen molar-refractivity contribution in [1.82, 2.24) is 10.2 Å². The van der Waals surface area contributed by atoms with Crippen LogP contribution in [0.3, 0.4) is 0 Å². The second-order valence-corrected chi connectivity index (χ2v) is 8.22. The Hall–Kier alpha value is -2.57. The van der Waals surface area contributed by atoms with Crippen LogP contribution in [0.1, 0.15) is 58.4 Å². The molecule has 1 N–H and O–H groups in total. The average Bonchev–Trinajstić information content (AvgIpc) is 3.08. The Morgan fingerprint density at radius 2 is 1.90 bits per heavy atom. The molecule has 0 aromatic heterocycles. The summed E-state index contributed by atoms with van der Waals surface area (Å²) < 4.78 is 10.7. The van der Waals surface area contributed by atoms with Gasteiger partial charge in [-0.2, -0.15) is 0 Å². The molecular formula is C22H32N2O5. The third kappa shape index (κ3) is 8.13. The van der Waals surface area contributed by atoms with E-state index in [4.69, 9.17) is 9.47 Å². The Balaban J connectivity index is 1.72. The van der Waals surface area contributed by atoms with Crippen molar-refractivity contribution < 1.29 is 23.9 Å². The van der Waals surface area contributed by atoms with E-state index in [1.807, 2.05) is 51.1 Å². The summed E-state index contributed by atoms with van der Waals surface area (Å²) in [5.41, 5.74) is 0.334. The number of likely N-dealkylation sites (tertiary alicyclic amines) is 1. The first kappa shape index (κ1) is 22.7. The molecule has 160 valence electrons. The molecule has 0 bridgehead atoms. The lowest BCUT2D eigenvalue weighted by Crippen LogP contribution is -2.45. The molecule has 0 saturated carbocycles. The van der Waals surface area contributed by atoms with E-state index in [2.05, 4.69) is 5.32 Å². The molecule has 1 atom stereocenters. The number of alkyl carbamates (subject to hydrolysis) is 1. The summed E-state index contributed by atoms with van der Waals surface area (Å²) in [6.07, 6.45) is 2.67. The molecule has 2 rings (SSSR count). The predicted molar refractivity (Wildman–Crippen MR) is 109 cm³/mol. The van der Waals surface area contributed by atoms with E-state index in [1.165, 1.54) is 0 Å². The molecule has 2 amide bonds. The first-order valence-electron chi connectivity index (χ1n) is 10.2. The molecule has 1 aliphatic rings. The Bertz CT molecular complexity index is 684. The smallest absolute Gasteiger partial charge is 0.407 e. The quantitative estimate of drug-likeness (QED) is 0.504. The highest BCUT2D eigenvalue weighted by atomic mass is 16.6. The number of ether oxygens (including phenoxy) is 2. The highest BCUT2D eigenvalue weighted by molar-refractivity contribution is 5.85. The van der Waals surface area contributed by atoms with Gasteiger partial charge in [0.2, 0.25) is 5.91 Å². The van der Waals surface area contributed by atoms with Crippen molar-refractivity contribution >= 4 is 18.0 Å². The van der Waals surface area contributed by atoms with Gasteiger partial charge in [0.25, 0.3) is 0 Å². The van der Waals surface area contributed by atoms with E-state index < -0.39 is 17.7 Å². The largest absolute Gasteiger partial charge is 0.458 e. The standard InChI is InChI=1S/C22H32N2O5/c1-22(2,3)29-20(26)18(24-15-9-13-19(24)25)12-7-8-14-23-21(27)28-16-17-10-5-4-6-11-17/h4-6,10-11,18H,7-9,12-16H2,1-3H3,(H,23,27). The number of nitrogens with zero attached hydrogens (tertiary/aromatic N) is 1. The van der Waals surface area contributed by atoms with E-state index in [1.54, 1.807) is 4.90 Å². The van der Waals surface area contributed by atoms with Crippen molar-refractivity contribution in [2.24, 2.45) is 0 Å². The van der Waals surface area contributed by atoms with E-state index in [-0.39, 0.29) is 18.5 Å². The van der Waals surface area contributed by atoms with Crippen molar-refractivity contribution in [2.75, 3.05) is 13.1 Å². The SMILES string of the molecule is CC(C)(C)OC(=O)C(CCCCNC(=O)OCc1ccccc1)N1CCCC1=O. The van der Waals surface area contributed by atoms with Crippen molar-refractivity contribution in [3.05, 3.63) is 35.9 Å². The fourth-order valence-electron chi connectivity index (χ4n) is 3.20. The van der Waals surface area contributed by atoms with Gasteiger partial charge in [-0.05, 0) is 52.0 Å². The van der Waals surface area contributed by atoms with Crippen LogP contribution in [0.4, 0.5) is 4.79 Å². The topological polar surface area (TPSA) is 84.9 Å². The number of benzene rings is 1. The lowest BCUT2D eigenvalue weighted by atomic mass is 10.1. The second-order valence-electron chi connectivity index (χ2n) is 8.22. The van der Waals surface area contributed by atoms with Crippen LogP contribution in [0, 0.1) is 0 Å². The molecule has 29 heavy (non-hydrogen) atoms. The number of unbranched alkanes of at least 4 members (excludes halogenated alkanes) is 1. The van der Waals surface area contributed by atoms with Crippen LogP contribution in [0.15, 0.2) is 30.3 Å². The lowest BCUT2D eigenvalue weighted by molar-refractivity contribution is -0.164. The summed E-state index contributed by atoms with van der Waals surface area (Å²) in [6.45, 7) is 6.72. The van der Waals surface area contributed by atoms with Crippen LogP contribution in [0.5, 0.6) is 0 Å². The molecule has 1 heterocycles. The third-order valence-electron chi connectivity index (χ3n) is 4.55. The van der Waals surface area contributed by atoms with Crippen LogP contribution >= 0.6 is 0 Å². The summed E-state index contributed by atoms with van der Waals surface area (Å²) in [6, 6.07) is 8.91. The molecule has 1 unspecified atom stereocenters. The minimum Gasteiger partial charge on any atom is -0.458 e. The Morgan fingerprint density at radius 3 is 2.52 bits per heavy atom. The van der Waals surface area contributed by atoms with Gasteiger partial charge in [0, 0.05) is 19.5 Å². The number of carbonyl (C=O) groups excluding carboxylic acids is 3. The van der Waals surface area contributed by atoms with E-state index in [0.29, 0.717) is 38.8 Å². The number of esters is 1. The van der Waals surface area contributed by atoms with Gasteiger partial charge in [-0.1, -0.05) is 30.3 Å². The molecule has 0 radical (unpaired) electrons. The molecule has 1 fully saturated rings. The molecule has 1 aromatic carbocycles. The van der Waals surface area contributed by atoms with Crippen LogP contribution in [0.2, 0.25) is 0 Å². The predicted octanol–water partition coefficient (Wildman–Crippen LogP) is 3.42. The third-order valence-corrected chi connectivity index (χ3v) is 4.55. The Labute approximate surface area is 172 Å². The summed E-state index contributed by atoms with van der Waals surface area (Å²) in [5, 5.41) is 2.71. The summed E-state index contributed by atoms with van der Waals surface area (Å²) >= 11 is 0. The monoisotopic (exact) mass is 404 g/mol. The van der Waals surface area contributed by atoms with Gasteiger partial charge in [-0.25, -0.2) is 9.59 Å². The Morgan fingerprint density at radius 1 is 1.17 bits per heavy atom. The Kier molecular flexibility index (Phi) is 8.49. The molecule has 7 nitrogen and oxygen atoms in total. The average molecular weight is 405 g/mol. The van der Waals surface area contributed by atoms with Crippen LogP contribution in [-0.4, -0.2) is 47.6 Å². The van der Waals surface area contributed by atoms with Crippen molar-refractivity contribution in [1.29, 1.82) is 0 Å². The molecule has 1 aliphatic heterocycles. The number of rotatable bonds is 9. The zero-order valence-corrected chi connectivity index (χ0v) is 17.6. The minimum atomic E-state index is -0.595. The summed E-state index contributed by atoms with van der Waals surface area (Å²) in [7, 11) is 0. The molecular weight excluding hydrogens is 372 g/mol. The maximum Gasteiger partial charge on any atom is 0.407 e. The lowest BCUT2D eigenvalue weighted by Gasteiger charge is -2.29. The van der Waals surface area contributed by atoms with Crippen LogP contribution in [-0.2, 0) is 25.7 Å². The maximum absolute atomic E-state index is 12.6. The minimum absolute atomic E-state index is 0.00322. The number of carbonyl (C=O) groups is 3. The highest BCUT2D eigenvalue weighted by Crippen LogP contribution is 2.21. The van der Waals surface area contributed by atoms with Gasteiger partial charge in [0.1, 0.15) is 18.2 Å². The number of hydrogen-bond donors (Lipinski definition) is 1. The van der Waals surface area contributed by atoms with Crippen molar-refractivity contribution in [3.63, 3.8) is 0 Å². The molecule has 0 spiro atoms. The zero-order chi connectivity index (χ0) is 21.3. The van der Waals surface area contributed by atoms with Gasteiger partial charge in [-0.15, -0.1) is 0 Å². The normalized spacial score (nSPS) is 15.1. The van der Waals surface area contributed by atoms with Gasteiger partial charge in [-0.3, -0.25) is 4.79 Å². The van der Waals surface area contributed by atoms with Crippen molar-refractivity contribution in [3.8, 4) is 0 Å². The summed E-state index contributed by atoms with van der Waals surface area (Å²) in [5.74, 6) is -0.355. The maximum atomic E-state index is 12.6. The molecule has 1 aromatic rings. The second kappa shape index (κ2) is 10.8. The first-order chi connectivity index (χ1) is 13.8. The van der Waals surface area contributed by atoms with Crippen LogP contribution < -0.4 is 5.32 Å². The summed E-state index contributed by atoms with van der Waals surface area (Å²) in [4.78, 5) is 38.1. The zero-order valence-electron chi connectivity index (χ0n) is 17.6. The van der Waals surface area contributed by atoms with E-state index in [0.717, 1.165) is 12.0 Å². The van der Waals surface area contributed by atoms with Gasteiger partial charge < -0.3 is 19.7 Å².